The van der Waals surface area contributed by atoms with E-state index < -0.39 is 17.6 Å². The minimum Gasteiger partial charge on any atom is -0.307 e. The second kappa shape index (κ2) is 5.11. The van der Waals surface area contributed by atoms with Gasteiger partial charge in [0, 0.05) is 17.6 Å². The Balaban J connectivity index is 2.07. The van der Waals surface area contributed by atoms with E-state index in [0.29, 0.717) is 12.2 Å². The minimum atomic E-state index is -4.55. The van der Waals surface area contributed by atoms with Crippen LogP contribution in [-0.4, -0.2) is 12.5 Å². The van der Waals surface area contributed by atoms with Gasteiger partial charge in [-0.2, -0.15) is 13.2 Å². The van der Waals surface area contributed by atoms with Crippen molar-refractivity contribution in [2.75, 3.05) is 11.4 Å². The van der Waals surface area contributed by atoms with Crippen LogP contribution in [0.15, 0.2) is 48.5 Å². The second-order valence-corrected chi connectivity index (χ2v) is 6.34. The van der Waals surface area contributed by atoms with Gasteiger partial charge >= 0.3 is 6.18 Å². The molecule has 0 spiro atoms. The summed E-state index contributed by atoms with van der Waals surface area (Å²) in [7, 11) is 0. The predicted octanol–water partition coefficient (Wildman–Crippen LogP) is 4.64. The number of carbonyl (C=O) groups is 1. The molecule has 0 N–H and O–H groups in total. The SMILES string of the molecule is CC1(C)CN(C(=O)c2ccccc2C(F)(F)F)c2ccccc21. The lowest BCUT2D eigenvalue weighted by molar-refractivity contribution is -0.137. The molecule has 1 aliphatic rings. The summed E-state index contributed by atoms with van der Waals surface area (Å²) in [5.74, 6) is -0.615. The molecular weight excluding hydrogens is 303 g/mol. The molecule has 3 rings (SSSR count). The fraction of sp³-hybridized carbons (Fsp3) is 0.278. The van der Waals surface area contributed by atoms with Gasteiger partial charge in [0.15, 0.2) is 0 Å². The van der Waals surface area contributed by atoms with E-state index in [9.17, 15) is 18.0 Å². The van der Waals surface area contributed by atoms with Crippen LogP contribution in [-0.2, 0) is 11.6 Å². The molecule has 1 heterocycles. The third-order valence-corrected chi connectivity index (χ3v) is 4.19. The molecule has 0 saturated heterocycles. The summed E-state index contributed by atoms with van der Waals surface area (Å²) in [4.78, 5) is 14.2. The quantitative estimate of drug-likeness (QED) is 0.749. The number of amides is 1. The standard InChI is InChI=1S/C18H16F3NO/c1-17(2)11-22(15-10-6-5-9-14(15)17)16(23)12-7-3-4-8-13(12)18(19,20)21/h3-10H,11H2,1-2H3. The van der Waals surface area contributed by atoms with E-state index in [-0.39, 0.29) is 11.0 Å². The lowest BCUT2D eigenvalue weighted by atomic mass is 9.87. The molecule has 0 unspecified atom stereocenters. The lowest BCUT2D eigenvalue weighted by Gasteiger charge is -2.22. The van der Waals surface area contributed by atoms with Crippen LogP contribution in [0.25, 0.3) is 0 Å². The summed E-state index contributed by atoms with van der Waals surface area (Å²) < 4.78 is 39.5. The Morgan fingerprint density at radius 1 is 1.04 bits per heavy atom. The van der Waals surface area contributed by atoms with Crippen molar-refractivity contribution in [3.8, 4) is 0 Å². The van der Waals surface area contributed by atoms with Crippen molar-refractivity contribution >= 4 is 11.6 Å². The van der Waals surface area contributed by atoms with Crippen LogP contribution >= 0.6 is 0 Å². The van der Waals surface area contributed by atoms with Gasteiger partial charge in [0.2, 0.25) is 0 Å². The van der Waals surface area contributed by atoms with Crippen molar-refractivity contribution in [2.45, 2.75) is 25.4 Å². The number of halogens is 3. The number of fused-ring (bicyclic) bond motifs is 1. The summed E-state index contributed by atoms with van der Waals surface area (Å²) in [6, 6.07) is 12.3. The average Bonchev–Trinajstić information content (AvgIpc) is 2.78. The number of nitrogens with zero attached hydrogens (tertiary/aromatic N) is 1. The topological polar surface area (TPSA) is 20.3 Å². The smallest absolute Gasteiger partial charge is 0.307 e. The number of hydrogen-bond donors (Lipinski definition) is 0. The minimum absolute atomic E-state index is 0.292. The van der Waals surface area contributed by atoms with Crippen molar-refractivity contribution in [2.24, 2.45) is 0 Å². The van der Waals surface area contributed by atoms with Gasteiger partial charge in [-0.05, 0) is 23.8 Å². The van der Waals surface area contributed by atoms with Crippen LogP contribution in [0, 0.1) is 0 Å². The molecule has 0 aliphatic carbocycles. The Labute approximate surface area is 132 Å². The normalized spacial score (nSPS) is 16.3. The zero-order valence-corrected chi connectivity index (χ0v) is 12.8. The van der Waals surface area contributed by atoms with Gasteiger partial charge in [0.25, 0.3) is 5.91 Å². The first-order valence-corrected chi connectivity index (χ1v) is 7.29. The fourth-order valence-electron chi connectivity index (χ4n) is 3.09. The molecule has 0 radical (unpaired) electrons. The van der Waals surface area contributed by atoms with Gasteiger partial charge in [-0.15, -0.1) is 0 Å². The zero-order valence-electron chi connectivity index (χ0n) is 12.8. The third-order valence-electron chi connectivity index (χ3n) is 4.19. The highest BCUT2D eigenvalue weighted by atomic mass is 19.4. The zero-order chi connectivity index (χ0) is 16.8. The Hall–Kier alpha value is -2.30. The number of alkyl halides is 3. The van der Waals surface area contributed by atoms with Crippen molar-refractivity contribution in [1.82, 2.24) is 0 Å². The maximum Gasteiger partial charge on any atom is 0.417 e. The first-order chi connectivity index (χ1) is 10.7. The molecule has 0 bridgehead atoms. The molecule has 0 saturated carbocycles. The van der Waals surface area contributed by atoms with Gasteiger partial charge in [0.05, 0.1) is 11.1 Å². The highest BCUT2D eigenvalue weighted by Gasteiger charge is 2.41. The summed E-state index contributed by atoms with van der Waals surface area (Å²) in [6.07, 6.45) is -4.55. The Morgan fingerprint density at radius 3 is 2.35 bits per heavy atom. The maximum atomic E-state index is 13.2. The summed E-state index contributed by atoms with van der Waals surface area (Å²) in [5.41, 5.74) is 0.149. The maximum absolute atomic E-state index is 13.2. The molecule has 5 heteroatoms. The van der Waals surface area contributed by atoms with Crippen LogP contribution in [0.2, 0.25) is 0 Å². The van der Waals surface area contributed by atoms with E-state index in [2.05, 4.69) is 0 Å². The largest absolute Gasteiger partial charge is 0.417 e. The second-order valence-electron chi connectivity index (χ2n) is 6.34. The van der Waals surface area contributed by atoms with Crippen LogP contribution in [0.1, 0.15) is 35.3 Å². The number of para-hydroxylation sites is 1. The Bertz CT molecular complexity index is 765. The van der Waals surface area contributed by atoms with Crippen molar-refractivity contribution in [3.05, 3.63) is 65.2 Å². The van der Waals surface area contributed by atoms with E-state index in [1.54, 1.807) is 12.1 Å². The summed E-state index contributed by atoms with van der Waals surface area (Å²) in [5, 5.41) is 0. The molecule has 0 aromatic heterocycles. The molecule has 120 valence electrons. The van der Waals surface area contributed by atoms with Gasteiger partial charge in [0.1, 0.15) is 0 Å². The molecule has 0 atom stereocenters. The van der Waals surface area contributed by atoms with Crippen LogP contribution in [0.5, 0.6) is 0 Å². The van der Waals surface area contributed by atoms with Gasteiger partial charge in [-0.3, -0.25) is 4.79 Å². The predicted molar refractivity (Wildman–Crippen MR) is 82.6 cm³/mol. The molecule has 2 nitrogen and oxygen atoms in total. The number of hydrogen-bond acceptors (Lipinski definition) is 1. The van der Waals surface area contributed by atoms with Crippen LogP contribution in [0.3, 0.4) is 0 Å². The fourth-order valence-corrected chi connectivity index (χ4v) is 3.09. The molecule has 0 fully saturated rings. The molecule has 2 aromatic rings. The van der Waals surface area contributed by atoms with E-state index in [0.717, 1.165) is 11.6 Å². The lowest BCUT2D eigenvalue weighted by Crippen LogP contribution is -2.35. The number of carbonyl (C=O) groups excluding carboxylic acids is 1. The number of benzene rings is 2. The summed E-state index contributed by atoms with van der Waals surface area (Å²) >= 11 is 0. The molecule has 2 aromatic carbocycles. The summed E-state index contributed by atoms with van der Waals surface area (Å²) in [6.45, 7) is 4.32. The van der Waals surface area contributed by atoms with Crippen molar-refractivity contribution in [1.29, 1.82) is 0 Å². The van der Waals surface area contributed by atoms with E-state index >= 15 is 0 Å². The van der Waals surface area contributed by atoms with E-state index in [1.165, 1.54) is 23.1 Å². The first kappa shape index (κ1) is 15.6. The molecular formula is C18H16F3NO. The monoisotopic (exact) mass is 319 g/mol. The molecule has 1 aliphatic heterocycles. The Morgan fingerprint density at radius 2 is 1.65 bits per heavy atom. The average molecular weight is 319 g/mol. The highest BCUT2D eigenvalue weighted by molar-refractivity contribution is 6.08. The first-order valence-electron chi connectivity index (χ1n) is 7.29. The molecule has 1 amide bonds. The number of rotatable bonds is 1. The van der Waals surface area contributed by atoms with E-state index in [4.69, 9.17) is 0 Å². The molecule has 23 heavy (non-hydrogen) atoms. The van der Waals surface area contributed by atoms with Crippen molar-refractivity contribution in [3.63, 3.8) is 0 Å². The van der Waals surface area contributed by atoms with Crippen LogP contribution < -0.4 is 4.90 Å². The van der Waals surface area contributed by atoms with Gasteiger partial charge < -0.3 is 4.90 Å². The van der Waals surface area contributed by atoms with Gasteiger partial charge in [-0.25, -0.2) is 0 Å². The number of anilines is 1. The van der Waals surface area contributed by atoms with E-state index in [1.807, 2.05) is 26.0 Å². The van der Waals surface area contributed by atoms with Crippen LogP contribution in [0.4, 0.5) is 18.9 Å². The third kappa shape index (κ3) is 2.60. The van der Waals surface area contributed by atoms with Gasteiger partial charge in [-0.1, -0.05) is 44.2 Å². The highest BCUT2D eigenvalue weighted by Crippen LogP contribution is 2.41. The Kier molecular flexibility index (Phi) is 3.47. The van der Waals surface area contributed by atoms with Crippen molar-refractivity contribution < 1.29 is 18.0 Å².